The van der Waals surface area contributed by atoms with E-state index in [1.165, 1.54) is 11.3 Å². The molecule has 0 atom stereocenters. The van der Waals surface area contributed by atoms with Crippen molar-refractivity contribution in [2.75, 3.05) is 6.61 Å². The minimum atomic E-state index is -0.434. The first-order chi connectivity index (χ1) is 7.31. The van der Waals surface area contributed by atoms with Crippen molar-refractivity contribution >= 4 is 28.8 Å². The molecule has 2 aromatic rings. The molecule has 0 unspecified atom stereocenters. The number of carbonyl (C=O) groups excluding carboxylic acids is 1. The zero-order chi connectivity index (χ0) is 10.7. The molecule has 0 aliphatic rings. The Morgan fingerprint density at radius 2 is 2.47 bits per heavy atom. The van der Waals surface area contributed by atoms with Crippen LogP contribution < -0.4 is 0 Å². The molecule has 0 aliphatic carbocycles. The van der Waals surface area contributed by atoms with Gasteiger partial charge in [0.25, 0.3) is 0 Å². The highest BCUT2D eigenvalue weighted by atomic mass is 32.1. The summed E-state index contributed by atoms with van der Waals surface area (Å²) < 4.78 is 8.85. The zero-order valence-electron chi connectivity index (χ0n) is 7.84. The molecular weight excluding hydrogens is 234 g/mol. The van der Waals surface area contributed by atoms with Crippen molar-refractivity contribution in [1.82, 2.24) is 14.3 Å². The van der Waals surface area contributed by atoms with E-state index in [9.17, 15) is 4.79 Å². The number of hydrogen-bond donors (Lipinski definition) is 0. The molecule has 0 bridgehead atoms. The van der Waals surface area contributed by atoms with E-state index in [-0.39, 0.29) is 5.01 Å². The van der Waals surface area contributed by atoms with Crippen LogP contribution in [0.4, 0.5) is 0 Å². The highest BCUT2D eigenvalue weighted by molar-refractivity contribution is 7.08. The van der Waals surface area contributed by atoms with Gasteiger partial charge < -0.3 is 4.74 Å². The molecule has 2 rings (SSSR count). The van der Waals surface area contributed by atoms with Crippen LogP contribution in [0.2, 0.25) is 0 Å². The Kier molecular flexibility index (Phi) is 3.02. The lowest BCUT2D eigenvalue weighted by atomic mass is 10.5. The molecule has 2 heterocycles. The summed E-state index contributed by atoms with van der Waals surface area (Å²) in [4.78, 5) is 19.4. The Bertz CT molecular complexity index is 452. The maximum atomic E-state index is 11.3. The van der Waals surface area contributed by atoms with E-state index in [1.54, 1.807) is 12.4 Å². The summed E-state index contributed by atoms with van der Waals surface area (Å²) in [5.74, 6) is 0.0424. The Morgan fingerprint density at radius 3 is 3.13 bits per heavy atom. The minimum Gasteiger partial charge on any atom is -0.461 e. The van der Waals surface area contributed by atoms with Gasteiger partial charge in [-0.3, -0.25) is 0 Å². The second kappa shape index (κ2) is 4.45. The lowest BCUT2D eigenvalue weighted by Crippen LogP contribution is -2.03. The first kappa shape index (κ1) is 10.2. The summed E-state index contributed by atoms with van der Waals surface area (Å²) in [6.45, 7) is 2.09. The van der Waals surface area contributed by atoms with Gasteiger partial charge in [-0.15, -0.1) is 11.3 Å². The number of aromatic nitrogens is 3. The zero-order valence-corrected chi connectivity index (χ0v) is 9.47. The van der Waals surface area contributed by atoms with Gasteiger partial charge in [0.1, 0.15) is 5.69 Å². The van der Waals surface area contributed by atoms with Gasteiger partial charge in [0.15, 0.2) is 5.82 Å². The fourth-order valence-electron chi connectivity index (χ4n) is 0.926. The molecule has 0 aliphatic heterocycles. The Hall–Kier alpha value is -1.34. The van der Waals surface area contributed by atoms with Gasteiger partial charge in [0.05, 0.1) is 12.1 Å². The predicted octanol–water partition coefficient (Wildman–Crippen LogP) is 1.84. The summed E-state index contributed by atoms with van der Waals surface area (Å²) in [5.41, 5.74) is 2.38. The van der Waals surface area contributed by atoms with E-state index < -0.39 is 5.97 Å². The van der Waals surface area contributed by atoms with Crippen molar-refractivity contribution in [3.8, 4) is 11.5 Å². The number of esters is 1. The molecule has 0 saturated heterocycles. The molecule has 15 heavy (non-hydrogen) atoms. The average Bonchev–Trinajstić information content (AvgIpc) is 2.89. The van der Waals surface area contributed by atoms with Crippen molar-refractivity contribution in [2.24, 2.45) is 0 Å². The number of thiazole rings is 1. The summed E-state index contributed by atoms with van der Waals surface area (Å²) >= 11 is 2.48. The lowest BCUT2D eigenvalue weighted by molar-refractivity contribution is 0.0526. The third-order valence-electron chi connectivity index (χ3n) is 1.54. The highest BCUT2D eigenvalue weighted by Crippen LogP contribution is 2.18. The summed E-state index contributed by atoms with van der Waals surface area (Å²) in [6.07, 6.45) is 0. The smallest absolute Gasteiger partial charge is 0.369 e. The molecular formula is C8H7N3O2S2. The van der Waals surface area contributed by atoms with Gasteiger partial charge in [0, 0.05) is 5.38 Å². The monoisotopic (exact) mass is 241 g/mol. The van der Waals surface area contributed by atoms with Gasteiger partial charge >= 0.3 is 5.97 Å². The molecule has 0 spiro atoms. The van der Waals surface area contributed by atoms with E-state index in [0.29, 0.717) is 18.1 Å². The maximum absolute atomic E-state index is 11.3. The lowest BCUT2D eigenvalue weighted by Gasteiger charge is -1.94. The van der Waals surface area contributed by atoms with Gasteiger partial charge in [-0.2, -0.15) is 4.37 Å². The molecule has 78 valence electrons. The molecule has 7 heteroatoms. The number of carbonyl (C=O) groups is 1. The highest BCUT2D eigenvalue weighted by Gasteiger charge is 2.15. The average molecular weight is 241 g/mol. The summed E-state index contributed by atoms with van der Waals surface area (Å²) in [5, 5.41) is 2.09. The number of hydrogen-bond acceptors (Lipinski definition) is 7. The van der Waals surface area contributed by atoms with Gasteiger partial charge in [-0.05, 0) is 18.5 Å². The first-order valence-corrected chi connectivity index (χ1v) is 5.92. The molecule has 0 N–H and O–H groups in total. The van der Waals surface area contributed by atoms with E-state index in [4.69, 9.17) is 4.74 Å². The van der Waals surface area contributed by atoms with Crippen LogP contribution in [0, 0.1) is 0 Å². The fraction of sp³-hybridized carbons (Fsp3) is 0.250. The van der Waals surface area contributed by atoms with Crippen molar-refractivity contribution in [3.05, 3.63) is 15.9 Å². The Labute approximate surface area is 93.9 Å². The minimum absolute atomic E-state index is 0.264. The Morgan fingerprint density at radius 1 is 1.60 bits per heavy atom. The van der Waals surface area contributed by atoms with Crippen LogP contribution in [-0.4, -0.2) is 26.9 Å². The quantitative estimate of drug-likeness (QED) is 0.767. The van der Waals surface area contributed by atoms with Gasteiger partial charge in [0.2, 0.25) is 5.01 Å². The first-order valence-electron chi connectivity index (χ1n) is 4.20. The normalized spacial score (nSPS) is 10.2. The fourth-order valence-corrected chi connectivity index (χ4v) is 2.02. The SMILES string of the molecule is CCOC(=O)c1nc(-c2cscn2)ns1. The molecule has 0 radical (unpaired) electrons. The molecule has 0 aromatic carbocycles. The van der Waals surface area contributed by atoms with Crippen molar-refractivity contribution < 1.29 is 9.53 Å². The second-order valence-electron chi connectivity index (χ2n) is 2.52. The predicted molar refractivity (Wildman–Crippen MR) is 57.0 cm³/mol. The second-order valence-corrected chi connectivity index (χ2v) is 3.99. The van der Waals surface area contributed by atoms with Crippen LogP contribution in [0.25, 0.3) is 11.5 Å². The van der Waals surface area contributed by atoms with Crippen LogP contribution in [0.15, 0.2) is 10.9 Å². The molecule has 0 saturated carbocycles. The Balaban J connectivity index is 2.21. The third-order valence-corrected chi connectivity index (χ3v) is 2.82. The van der Waals surface area contributed by atoms with E-state index in [2.05, 4.69) is 14.3 Å². The van der Waals surface area contributed by atoms with Crippen molar-refractivity contribution in [2.45, 2.75) is 6.92 Å². The van der Waals surface area contributed by atoms with Crippen LogP contribution in [0.5, 0.6) is 0 Å². The van der Waals surface area contributed by atoms with Crippen LogP contribution >= 0.6 is 22.9 Å². The molecule has 2 aromatic heterocycles. The molecule has 0 fully saturated rings. The summed E-state index contributed by atoms with van der Waals surface area (Å²) in [6, 6.07) is 0. The van der Waals surface area contributed by atoms with E-state index >= 15 is 0 Å². The van der Waals surface area contributed by atoms with Crippen LogP contribution in [-0.2, 0) is 4.74 Å². The van der Waals surface area contributed by atoms with Crippen LogP contribution in [0.1, 0.15) is 16.7 Å². The van der Waals surface area contributed by atoms with Crippen molar-refractivity contribution in [3.63, 3.8) is 0 Å². The van der Waals surface area contributed by atoms with Crippen LogP contribution in [0.3, 0.4) is 0 Å². The van der Waals surface area contributed by atoms with E-state index in [1.807, 2.05) is 5.38 Å². The topological polar surface area (TPSA) is 65.0 Å². The van der Waals surface area contributed by atoms with Crippen molar-refractivity contribution in [1.29, 1.82) is 0 Å². The van der Waals surface area contributed by atoms with E-state index in [0.717, 1.165) is 11.5 Å². The maximum Gasteiger partial charge on any atom is 0.369 e. The number of nitrogens with zero attached hydrogens (tertiary/aromatic N) is 3. The summed E-state index contributed by atoms with van der Waals surface area (Å²) in [7, 11) is 0. The van der Waals surface area contributed by atoms with Gasteiger partial charge in [-0.25, -0.2) is 14.8 Å². The van der Waals surface area contributed by atoms with Gasteiger partial charge in [-0.1, -0.05) is 0 Å². The number of ether oxygens (including phenoxy) is 1. The number of rotatable bonds is 3. The standard InChI is InChI=1S/C8H7N3O2S2/c1-2-13-8(12)7-10-6(11-15-7)5-3-14-4-9-5/h3-4H,2H2,1H3. The third kappa shape index (κ3) is 2.18. The molecule has 5 nitrogen and oxygen atoms in total. The largest absolute Gasteiger partial charge is 0.461 e. The molecule has 0 amide bonds.